The molecule has 2 aliphatic heterocycles. The molecule has 0 unspecified atom stereocenters. The van der Waals surface area contributed by atoms with Crippen molar-refractivity contribution in [2.75, 3.05) is 25.1 Å². The summed E-state index contributed by atoms with van der Waals surface area (Å²) in [5.41, 5.74) is 8.19. The molecule has 10 heteroatoms. The molecule has 4 N–H and O–H groups in total. The largest absolute Gasteiger partial charge is 0.491 e. The zero-order chi connectivity index (χ0) is 19.7. The Kier molecular flexibility index (Phi) is 5.04. The number of anilines is 2. The minimum Gasteiger partial charge on any atom is -0.423 e. The summed E-state index contributed by atoms with van der Waals surface area (Å²) in [4.78, 5) is 11.9. The summed E-state index contributed by atoms with van der Waals surface area (Å²) in [7, 11) is -0.924. The Morgan fingerprint density at radius 3 is 3.11 bits per heavy atom. The Morgan fingerprint density at radius 1 is 1.46 bits per heavy atom. The summed E-state index contributed by atoms with van der Waals surface area (Å²) in [6.07, 6.45) is 2.86. The number of ether oxygens (including phenoxy) is 1. The first-order valence-electron chi connectivity index (χ1n) is 9.12. The first kappa shape index (κ1) is 18.5. The van der Waals surface area contributed by atoms with Gasteiger partial charge >= 0.3 is 7.12 Å². The molecule has 0 radical (unpaired) electrons. The maximum absolute atomic E-state index is 11.9. The molecule has 1 saturated heterocycles. The lowest BCUT2D eigenvalue weighted by molar-refractivity contribution is 0.0342. The van der Waals surface area contributed by atoms with Gasteiger partial charge in [0, 0.05) is 25.1 Å². The van der Waals surface area contributed by atoms with Crippen molar-refractivity contribution in [1.29, 1.82) is 5.26 Å². The van der Waals surface area contributed by atoms with Gasteiger partial charge in [-0.25, -0.2) is 0 Å². The number of benzene rings is 1. The zero-order valence-electron chi connectivity index (χ0n) is 15.2. The SMILES string of the molecule is N#C[C@H]1CCOC[C@@H]1n1cc(C(N)=O)c(Nc2ccc3c(c2)CCOB3O)n1. The third kappa shape index (κ3) is 3.47. The normalized spacial score (nSPS) is 21.6. The zero-order valence-corrected chi connectivity index (χ0v) is 15.2. The van der Waals surface area contributed by atoms with E-state index in [2.05, 4.69) is 16.5 Å². The molecule has 2 aromatic rings. The van der Waals surface area contributed by atoms with Crippen LogP contribution in [0.2, 0.25) is 0 Å². The molecule has 0 bridgehead atoms. The van der Waals surface area contributed by atoms with Gasteiger partial charge in [0.15, 0.2) is 5.82 Å². The van der Waals surface area contributed by atoms with E-state index in [1.165, 1.54) is 0 Å². The Hall–Kier alpha value is -2.87. The van der Waals surface area contributed by atoms with Crippen LogP contribution in [0.1, 0.15) is 28.4 Å². The summed E-state index contributed by atoms with van der Waals surface area (Å²) in [5, 5.41) is 26.9. The number of primary amides is 1. The molecule has 1 aromatic carbocycles. The number of fused-ring (bicyclic) bond motifs is 1. The molecule has 0 saturated carbocycles. The molecular formula is C18H20BN5O4. The van der Waals surface area contributed by atoms with Crippen LogP contribution in [0, 0.1) is 17.2 Å². The summed E-state index contributed by atoms with van der Waals surface area (Å²) in [6, 6.07) is 7.47. The van der Waals surface area contributed by atoms with Crippen LogP contribution in [0.5, 0.6) is 0 Å². The molecule has 0 spiro atoms. The van der Waals surface area contributed by atoms with Crippen LogP contribution in [-0.4, -0.2) is 47.7 Å². The van der Waals surface area contributed by atoms with E-state index in [4.69, 9.17) is 15.1 Å². The van der Waals surface area contributed by atoms with Crippen molar-refractivity contribution in [2.45, 2.75) is 18.9 Å². The van der Waals surface area contributed by atoms with Crippen LogP contribution in [0.3, 0.4) is 0 Å². The highest BCUT2D eigenvalue weighted by Gasteiger charge is 2.30. The number of carbonyl (C=O) groups is 1. The van der Waals surface area contributed by atoms with E-state index in [1.54, 1.807) is 23.0 Å². The molecule has 144 valence electrons. The molecular weight excluding hydrogens is 361 g/mol. The van der Waals surface area contributed by atoms with E-state index in [1.807, 2.05) is 6.07 Å². The fraction of sp³-hybridized carbons (Fsp3) is 0.389. The second-order valence-corrected chi connectivity index (χ2v) is 6.91. The van der Waals surface area contributed by atoms with E-state index in [-0.39, 0.29) is 17.5 Å². The van der Waals surface area contributed by atoms with Crippen LogP contribution in [0.25, 0.3) is 0 Å². The molecule has 2 atom stereocenters. The van der Waals surface area contributed by atoms with Crippen molar-refractivity contribution in [3.63, 3.8) is 0 Å². The van der Waals surface area contributed by atoms with Gasteiger partial charge in [-0.2, -0.15) is 10.4 Å². The summed E-state index contributed by atoms with van der Waals surface area (Å²) in [5.74, 6) is -0.532. The summed E-state index contributed by atoms with van der Waals surface area (Å²) < 4.78 is 12.3. The van der Waals surface area contributed by atoms with Gasteiger partial charge in [-0.15, -0.1) is 0 Å². The van der Waals surface area contributed by atoms with Gasteiger partial charge in [-0.1, -0.05) is 6.07 Å². The highest BCUT2D eigenvalue weighted by atomic mass is 16.5. The lowest BCUT2D eigenvalue weighted by Crippen LogP contribution is -2.41. The average molecular weight is 381 g/mol. The smallest absolute Gasteiger partial charge is 0.423 e. The minimum absolute atomic E-state index is 0.239. The van der Waals surface area contributed by atoms with E-state index in [0.29, 0.717) is 38.5 Å². The van der Waals surface area contributed by atoms with Gasteiger partial charge in [0.25, 0.3) is 5.91 Å². The Bertz CT molecular complexity index is 941. The summed E-state index contributed by atoms with van der Waals surface area (Å²) in [6.45, 7) is 1.33. The highest BCUT2D eigenvalue weighted by molar-refractivity contribution is 6.60. The fourth-order valence-corrected chi connectivity index (χ4v) is 3.62. The lowest BCUT2D eigenvalue weighted by atomic mass is 9.73. The predicted molar refractivity (Wildman–Crippen MR) is 101 cm³/mol. The molecule has 1 amide bonds. The van der Waals surface area contributed by atoms with E-state index < -0.39 is 13.0 Å². The standard InChI is InChI=1S/C18H20BN5O4/c20-8-12-3-5-27-10-16(12)24-9-14(17(21)25)18(23-24)22-13-1-2-15-11(7-13)4-6-28-19(15)26/h1-2,7,9,12,16,26H,3-6,10H2,(H2,21,25)(H,22,23)/t12-,16+/m1/s1. The molecule has 0 aliphatic carbocycles. The van der Waals surface area contributed by atoms with Crippen LogP contribution in [0.4, 0.5) is 11.5 Å². The van der Waals surface area contributed by atoms with Crippen molar-refractivity contribution in [3.05, 3.63) is 35.5 Å². The number of hydrogen-bond acceptors (Lipinski definition) is 7. The van der Waals surface area contributed by atoms with Gasteiger partial charge in [0.05, 0.1) is 24.6 Å². The van der Waals surface area contributed by atoms with Crippen molar-refractivity contribution >= 4 is 30.0 Å². The third-order valence-electron chi connectivity index (χ3n) is 5.15. The van der Waals surface area contributed by atoms with E-state index >= 15 is 0 Å². The third-order valence-corrected chi connectivity index (χ3v) is 5.15. The van der Waals surface area contributed by atoms with E-state index in [0.717, 1.165) is 16.7 Å². The predicted octanol–water partition coefficient (Wildman–Crippen LogP) is 0.0870. The lowest BCUT2D eigenvalue weighted by Gasteiger charge is -2.26. The monoisotopic (exact) mass is 381 g/mol. The van der Waals surface area contributed by atoms with Gasteiger partial charge in [0.1, 0.15) is 5.56 Å². The van der Waals surface area contributed by atoms with Gasteiger partial charge in [-0.3, -0.25) is 9.48 Å². The van der Waals surface area contributed by atoms with Crippen LogP contribution < -0.4 is 16.5 Å². The van der Waals surface area contributed by atoms with Gasteiger partial charge < -0.3 is 25.5 Å². The molecule has 2 aliphatic rings. The number of carbonyl (C=O) groups excluding carboxylic acids is 1. The Balaban J connectivity index is 1.63. The minimum atomic E-state index is -0.924. The topological polar surface area (TPSA) is 135 Å². The number of hydrogen-bond donors (Lipinski definition) is 3. The van der Waals surface area contributed by atoms with Crippen molar-refractivity contribution < 1.29 is 19.2 Å². The summed E-state index contributed by atoms with van der Waals surface area (Å²) >= 11 is 0. The number of amides is 1. The first-order chi connectivity index (χ1) is 13.6. The van der Waals surface area contributed by atoms with Crippen LogP contribution in [-0.2, 0) is 15.8 Å². The number of nitrogens with one attached hydrogen (secondary N) is 1. The second-order valence-electron chi connectivity index (χ2n) is 6.91. The molecule has 9 nitrogen and oxygen atoms in total. The first-order valence-corrected chi connectivity index (χ1v) is 9.12. The van der Waals surface area contributed by atoms with Crippen molar-refractivity contribution in [1.82, 2.24) is 9.78 Å². The number of nitrogens with two attached hydrogens (primary N) is 1. The number of aromatic nitrogens is 2. The quantitative estimate of drug-likeness (QED) is 0.639. The van der Waals surface area contributed by atoms with Gasteiger partial charge in [-0.05, 0) is 36.0 Å². The van der Waals surface area contributed by atoms with Crippen LogP contribution >= 0.6 is 0 Å². The van der Waals surface area contributed by atoms with E-state index in [9.17, 15) is 15.1 Å². The average Bonchev–Trinajstić information content (AvgIpc) is 3.12. The molecule has 3 heterocycles. The second kappa shape index (κ2) is 7.63. The molecule has 4 rings (SSSR count). The Morgan fingerprint density at radius 2 is 2.32 bits per heavy atom. The van der Waals surface area contributed by atoms with Crippen LogP contribution in [0.15, 0.2) is 24.4 Å². The fourth-order valence-electron chi connectivity index (χ4n) is 3.62. The van der Waals surface area contributed by atoms with Crippen molar-refractivity contribution in [3.8, 4) is 6.07 Å². The number of nitrogens with zero attached hydrogens (tertiary/aromatic N) is 3. The highest BCUT2D eigenvalue weighted by Crippen LogP contribution is 2.28. The van der Waals surface area contributed by atoms with Gasteiger partial charge in [0.2, 0.25) is 0 Å². The molecule has 1 fully saturated rings. The van der Waals surface area contributed by atoms with Crippen molar-refractivity contribution in [2.24, 2.45) is 11.7 Å². The number of rotatable bonds is 4. The number of nitriles is 1. The molecule has 1 aromatic heterocycles. The maximum Gasteiger partial charge on any atom is 0.491 e. The molecule has 28 heavy (non-hydrogen) atoms. The maximum atomic E-state index is 11.9. The Labute approximate surface area is 162 Å².